The standard InChI is InChI=1S/C19H19FN2O6S2/c1-21-16-12-13(6-7-17(16)28-19(21)23)30(26,27)22-9-8-18(29(24,25)11-10-22)14-4-2-3-5-15(14)20/h2-7,12,18H,8-11H2,1H3. The number of nitrogens with zero attached hydrogens (tertiary/aromatic N) is 2. The Kier molecular flexibility index (Phi) is 5.07. The number of fused-ring (bicyclic) bond motifs is 1. The fourth-order valence-corrected chi connectivity index (χ4v) is 7.06. The van der Waals surface area contributed by atoms with Crippen molar-refractivity contribution in [2.75, 3.05) is 18.8 Å². The zero-order valence-corrected chi connectivity index (χ0v) is 17.6. The molecular weight excluding hydrogens is 435 g/mol. The molecule has 0 saturated carbocycles. The number of hydrogen-bond donors (Lipinski definition) is 0. The Bertz CT molecular complexity index is 1390. The average Bonchev–Trinajstić information content (AvgIpc) is 2.87. The molecule has 1 atom stereocenters. The predicted octanol–water partition coefficient (Wildman–Crippen LogP) is 1.82. The number of benzene rings is 2. The van der Waals surface area contributed by atoms with Crippen LogP contribution < -0.4 is 5.76 Å². The van der Waals surface area contributed by atoms with E-state index >= 15 is 0 Å². The van der Waals surface area contributed by atoms with Crippen LogP contribution >= 0.6 is 0 Å². The summed E-state index contributed by atoms with van der Waals surface area (Å²) in [6, 6.07) is 9.65. The van der Waals surface area contributed by atoms with Gasteiger partial charge >= 0.3 is 5.76 Å². The van der Waals surface area contributed by atoms with Gasteiger partial charge in [-0.25, -0.2) is 26.0 Å². The Morgan fingerprint density at radius 2 is 1.87 bits per heavy atom. The zero-order valence-electron chi connectivity index (χ0n) is 16.0. The summed E-state index contributed by atoms with van der Waals surface area (Å²) >= 11 is 0. The topological polar surface area (TPSA) is 107 Å². The number of sulfone groups is 1. The van der Waals surface area contributed by atoms with Crippen molar-refractivity contribution in [3.8, 4) is 0 Å². The molecule has 11 heteroatoms. The van der Waals surface area contributed by atoms with E-state index in [4.69, 9.17) is 4.42 Å². The van der Waals surface area contributed by atoms with Crippen molar-refractivity contribution in [3.63, 3.8) is 0 Å². The van der Waals surface area contributed by atoms with Crippen molar-refractivity contribution < 1.29 is 25.6 Å². The third kappa shape index (κ3) is 3.46. The highest BCUT2D eigenvalue weighted by atomic mass is 32.2. The summed E-state index contributed by atoms with van der Waals surface area (Å²) < 4.78 is 73.3. The molecule has 0 spiro atoms. The van der Waals surface area contributed by atoms with Crippen LogP contribution in [0.25, 0.3) is 11.1 Å². The SMILES string of the molecule is Cn1c(=O)oc2ccc(S(=O)(=O)N3CCC(c4ccccc4F)S(=O)(=O)CC3)cc21. The minimum atomic E-state index is -4.03. The van der Waals surface area contributed by atoms with Crippen molar-refractivity contribution in [2.45, 2.75) is 16.6 Å². The molecule has 1 saturated heterocycles. The van der Waals surface area contributed by atoms with Gasteiger partial charge in [0.1, 0.15) is 5.82 Å². The van der Waals surface area contributed by atoms with Gasteiger partial charge in [0, 0.05) is 25.7 Å². The van der Waals surface area contributed by atoms with Crippen LogP contribution in [0.2, 0.25) is 0 Å². The van der Waals surface area contributed by atoms with Crippen LogP contribution in [0.1, 0.15) is 17.2 Å². The highest BCUT2D eigenvalue weighted by molar-refractivity contribution is 7.92. The predicted molar refractivity (Wildman–Crippen MR) is 108 cm³/mol. The Morgan fingerprint density at radius 3 is 2.60 bits per heavy atom. The van der Waals surface area contributed by atoms with Gasteiger partial charge in [-0.3, -0.25) is 4.57 Å². The summed E-state index contributed by atoms with van der Waals surface area (Å²) in [6.07, 6.45) is -0.0606. The number of aryl methyl sites for hydroxylation is 1. The molecule has 1 unspecified atom stereocenters. The molecule has 4 rings (SSSR count). The van der Waals surface area contributed by atoms with Gasteiger partial charge in [-0.15, -0.1) is 0 Å². The number of rotatable bonds is 3. The van der Waals surface area contributed by atoms with Gasteiger partial charge in [-0.1, -0.05) is 18.2 Å². The van der Waals surface area contributed by atoms with Crippen LogP contribution in [0.5, 0.6) is 0 Å². The molecule has 0 bridgehead atoms. The van der Waals surface area contributed by atoms with Crippen molar-refractivity contribution in [1.29, 1.82) is 0 Å². The monoisotopic (exact) mass is 454 g/mol. The van der Waals surface area contributed by atoms with Crippen LogP contribution in [0, 0.1) is 5.82 Å². The third-order valence-corrected chi connectivity index (χ3v) is 9.36. The summed E-state index contributed by atoms with van der Waals surface area (Å²) in [6.45, 7) is -0.319. The van der Waals surface area contributed by atoms with E-state index in [1.165, 1.54) is 48.0 Å². The summed E-state index contributed by atoms with van der Waals surface area (Å²) in [4.78, 5) is 11.6. The number of aromatic nitrogens is 1. The molecular formula is C19H19FN2O6S2. The number of sulfonamides is 1. The molecule has 1 aliphatic heterocycles. The van der Waals surface area contributed by atoms with Gasteiger partial charge in [-0.05, 0) is 30.7 Å². The second-order valence-electron chi connectivity index (χ2n) is 7.13. The second-order valence-corrected chi connectivity index (χ2v) is 11.4. The highest BCUT2D eigenvalue weighted by Crippen LogP contribution is 2.33. The van der Waals surface area contributed by atoms with E-state index < -0.39 is 42.4 Å². The molecule has 2 aromatic carbocycles. The molecule has 1 aromatic heterocycles. The van der Waals surface area contributed by atoms with Gasteiger partial charge in [0.15, 0.2) is 15.4 Å². The Hall–Kier alpha value is -2.50. The first-order chi connectivity index (χ1) is 14.1. The maximum atomic E-state index is 14.2. The summed E-state index contributed by atoms with van der Waals surface area (Å²) in [7, 11) is -6.33. The molecule has 160 valence electrons. The summed E-state index contributed by atoms with van der Waals surface area (Å²) in [5.74, 6) is -1.67. The lowest BCUT2D eigenvalue weighted by molar-refractivity contribution is 0.427. The number of oxazole rings is 1. The lowest BCUT2D eigenvalue weighted by Crippen LogP contribution is -2.33. The van der Waals surface area contributed by atoms with Crippen molar-refractivity contribution >= 4 is 31.0 Å². The molecule has 0 amide bonds. The second kappa shape index (κ2) is 7.33. The fraction of sp³-hybridized carbons (Fsp3) is 0.316. The maximum absolute atomic E-state index is 14.2. The van der Waals surface area contributed by atoms with Crippen LogP contribution in [-0.4, -0.2) is 44.6 Å². The first-order valence-electron chi connectivity index (χ1n) is 9.17. The van der Waals surface area contributed by atoms with Gasteiger partial charge in [-0.2, -0.15) is 4.31 Å². The van der Waals surface area contributed by atoms with E-state index in [0.29, 0.717) is 5.52 Å². The molecule has 0 radical (unpaired) electrons. The number of halogens is 1. The lowest BCUT2D eigenvalue weighted by atomic mass is 10.1. The van der Waals surface area contributed by atoms with Crippen LogP contribution in [-0.2, 0) is 26.9 Å². The van der Waals surface area contributed by atoms with E-state index in [2.05, 4.69) is 0 Å². The minimum Gasteiger partial charge on any atom is -0.408 e. The first kappa shape index (κ1) is 20.8. The minimum absolute atomic E-state index is 0.0477. The molecule has 0 N–H and O–H groups in total. The zero-order chi connectivity index (χ0) is 21.7. The smallest absolute Gasteiger partial charge is 0.408 e. The van der Waals surface area contributed by atoms with E-state index in [9.17, 15) is 26.0 Å². The lowest BCUT2D eigenvalue weighted by Gasteiger charge is -2.20. The Morgan fingerprint density at radius 1 is 1.13 bits per heavy atom. The number of hydrogen-bond acceptors (Lipinski definition) is 6. The van der Waals surface area contributed by atoms with Crippen LogP contribution in [0.3, 0.4) is 0 Å². The summed E-state index contributed by atoms with van der Waals surface area (Å²) in [5.41, 5.74) is 0.610. The Labute approximate surface area is 172 Å². The summed E-state index contributed by atoms with van der Waals surface area (Å²) in [5, 5.41) is -1.11. The van der Waals surface area contributed by atoms with E-state index in [1.54, 1.807) is 6.07 Å². The van der Waals surface area contributed by atoms with Crippen molar-refractivity contribution in [1.82, 2.24) is 8.87 Å². The maximum Gasteiger partial charge on any atom is 0.419 e. The molecule has 2 heterocycles. The largest absolute Gasteiger partial charge is 0.419 e. The third-order valence-electron chi connectivity index (χ3n) is 5.35. The normalized spacial score (nSPS) is 20.3. The first-order valence-corrected chi connectivity index (χ1v) is 12.3. The van der Waals surface area contributed by atoms with Gasteiger partial charge in [0.2, 0.25) is 10.0 Å². The molecule has 8 nitrogen and oxygen atoms in total. The van der Waals surface area contributed by atoms with E-state index in [0.717, 1.165) is 4.31 Å². The van der Waals surface area contributed by atoms with E-state index in [1.807, 2.05) is 0 Å². The molecule has 1 aliphatic rings. The van der Waals surface area contributed by atoms with Crippen molar-refractivity contribution in [2.24, 2.45) is 7.05 Å². The average molecular weight is 455 g/mol. The molecule has 1 fully saturated rings. The van der Waals surface area contributed by atoms with Gasteiger partial charge in [0.25, 0.3) is 0 Å². The fourth-order valence-electron chi connectivity index (χ4n) is 3.67. The van der Waals surface area contributed by atoms with Gasteiger partial charge < -0.3 is 4.42 Å². The molecule has 3 aromatic rings. The van der Waals surface area contributed by atoms with Crippen molar-refractivity contribution in [3.05, 3.63) is 64.4 Å². The van der Waals surface area contributed by atoms with Crippen LogP contribution in [0.4, 0.5) is 4.39 Å². The molecule has 0 aliphatic carbocycles. The highest BCUT2D eigenvalue weighted by Gasteiger charge is 2.36. The van der Waals surface area contributed by atoms with Gasteiger partial charge in [0.05, 0.1) is 21.4 Å². The Balaban J connectivity index is 1.69. The van der Waals surface area contributed by atoms with Crippen LogP contribution in [0.15, 0.2) is 56.6 Å². The molecule has 30 heavy (non-hydrogen) atoms. The van der Waals surface area contributed by atoms with E-state index in [-0.39, 0.29) is 35.6 Å². The quantitative estimate of drug-likeness (QED) is 0.598.